The molecular weight excluding hydrogens is 512 g/mol. The molecule has 0 bridgehead atoms. The van der Waals surface area contributed by atoms with Crippen LogP contribution in [0.4, 0.5) is 0 Å². The van der Waals surface area contributed by atoms with E-state index in [1.54, 1.807) is 0 Å². The summed E-state index contributed by atoms with van der Waals surface area (Å²) in [5, 5.41) is 9.85. The predicted octanol–water partition coefficient (Wildman–Crippen LogP) is 0.349. The Morgan fingerprint density at radius 2 is 0.872 bits per heavy atom. The van der Waals surface area contributed by atoms with E-state index in [0.29, 0.717) is 59.2 Å². The van der Waals surface area contributed by atoms with Gasteiger partial charge in [-0.1, -0.05) is 34.6 Å². The lowest BCUT2D eigenvalue weighted by molar-refractivity contribution is -0.128. The molecule has 0 heterocycles. The highest BCUT2D eigenvalue weighted by molar-refractivity contribution is 5.89. The molecule has 4 N–H and O–H groups in total. The molecule has 0 aliphatic heterocycles. The van der Waals surface area contributed by atoms with Gasteiger partial charge in [0.05, 0.1) is 72.5 Å². The molecule has 0 saturated heterocycles. The smallest absolute Gasteiger partial charge is 0.239 e. The zero-order valence-corrected chi connectivity index (χ0v) is 24.8. The Labute approximate surface area is 233 Å². The molecule has 0 spiro atoms. The Hall–Kier alpha value is -2.61. The molecule has 0 rings (SSSR count). The molecule has 0 aromatic carbocycles. The van der Waals surface area contributed by atoms with Crippen LogP contribution in [0.5, 0.6) is 0 Å². The minimum absolute atomic E-state index is 0.0317. The van der Waals surface area contributed by atoms with Crippen LogP contribution in [0.1, 0.15) is 60.8 Å². The summed E-state index contributed by atoms with van der Waals surface area (Å²) >= 11 is 0. The summed E-state index contributed by atoms with van der Waals surface area (Å²) in [5.41, 5.74) is 0. The number of carbonyl (C=O) groups excluding carboxylic acids is 5. The van der Waals surface area contributed by atoms with Crippen molar-refractivity contribution in [1.82, 2.24) is 21.3 Å². The van der Waals surface area contributed by atoms with Crippen molar-refractivity contribution < 1.29 is 42.9 Å². The van der Waals surface area contributed by atoms with Crippen molar-refractivity contribution in [2.24, 2.45) is 0 Å². The zero-order chi connectivity index (χ0) is 30.2. The first-order valence-electron chi connectivity index (χ1n) is 13.7. The van der Waals surface area contributed by atoms with Crippen LogP contribution in [0.2, 0.25) is 0 Å². The maximum atomic E-state index is 11.7. The third-order valence-electron chi connectivity index (χ3n) is 4.06. The van der Waals surface area contributed by atoms with E-state index in [0.717, 1.165) is 6.42 Å². The number of nitrogens with one attached hydrogen (secondary N) is 4. The fourth-order valence-electron chi connectivity index (χ4n) is 2.30. The van der Waals surface area contributed by atoms with Crippen LogP contribution in [0.3, 0.4) is 0 Å². The van der Waals surface area contributed by atoms with E-state index in [1.165, 1.54) is 6.92 Å². The number of ether oxygens (including phenoxy) is 4. The van der Waals surface area contributed by atoms with Crippen molar-refractivity contribution in [3.8, 4) is 0 Å². The van der Waals surface area contributed by atoms with Crippen LogP contribution in [-0.2, 0) is 42.9 Å². The van der Waals surface area contributed by atoms with Crippen LogP contribution in [0.25, 0.3) is 0 Å². The summed E-state index contributed by atoms with van der Waals surface area (Å²) in [6.07, 6.45) is 1.43. The number of hydrogen-bond acceptors (Lipinski definition) is 9. The van der Waals surface area contributed by atoms with Crippen LogP contribution in [-0.4, -0.2) is 108 Å². The molecule has 13 heteroatoms. The molecule has 0 unspecified atom stereocenters. The number of carbonyl (C=O) groups is 5. The molecule has 0 atom stereocenters. The first-order valence-corrected chi connectivity index (χ1v) is 13.7. The fraction of sp³-hybridized carbons (Fsp3) is 0.808. The lowest BCUT2D eigenvalue weighted by Gasteiger charge is -2.09. The van der Waals surface area contributed by atoms with Gasteiger partial charge >= 0.3 is 0 Å². The van der Waals surface area contributed by atoms with Crippen molar-refractivity contribution in [1.29, 1.82) is 0 Å². The van der Waals surface area contributed by atoms with Crippen LogP contribution < -0.4 is 21.3 Å². The first-order chi connectivity index (χ1) is 18.8. The summed E-state index contributed by atoms with van der Waals surface area (Å²) in [5.74, 6) is -1.53. The number of Topliss-reactive ketones (excluding diaryl/α,β-unsaturated/α-hetero) is 1. The highest BCUT2D eigenvalue weighted by atomic mass is 16.6. The van der Waals surface area contributed by atoms with Gasteiger partial charge in [0, 0.05) is 19.4 Å². The van der Waals surface area contributed by atoms with Gasteiger partial charge in [-0.3, -0.25) is 24.0 Å². The highest BCUT2D eigenvalue weighted by Crippen LogP contribution is 1.87. The number of ketones is 1. The molecule has 13 nitrogen and oxygen atoms in total. The Kier molecular flexibility index (Phi) is 35.0. The summed E-state index contributed by atoms with van der Waals surface area (Å²) in [6.45, 7) is 14.1. The van der Waals surface area contributed by atoms with E-state index in [2.05, 4.69) is 21.3 Å². The molecule has 0 aliphatic carbocycles. The standard InChI is InChI=1S/C22H40N4O9.2C2H6/c1-3-4-19(28)23-6-8-33-10-12-35-14-13-34-11-9-32-7-5-20(29)25-16-22(31)26-17-21(30)24-15-18(2)27;2*1-2/h3-17H2,1-2H3,(H,23,28)(H,24,30)(H,25,29)(H,26,31);2*1-2H3. The average molecular weight is 565 g/mol. The minimum Gasteiger partial charge on any atom is -0.379 e. The van der Waals surface area contributed by atoms with Crippen LogP contribution in [0.15, 0.2) is 0 Å². The van der Waals surface area contributed by atoms with Gasteiger partial charge < -0.3 is 40.2 Å². The molecular formula is C26H52N4O9. The Balaban J connectivity index is -0.00000308. The molecule has 230 valence electrons. The molecule has 39 heavy (non-hydrogen) atoms. The Morgan fingerprint density at radius 3 is 1.33 bits per heavy atom. The van der Waals surface area contributed by atoms with Gasteiger partial charge in [0.2, 0.25) is 23.6 Å². The van der Waals surface area contributed by atoms with Gasteiger partial charge in [0.25, 0.3) is 0 Å². The van der Waals surface area contributed by atoms with Gasteiger partial charge in [-0.05, 0) is 13.3 Å². The molecule has 0 fully saturated rings. The molecule has 0 aliphatic rings. The van der Waals surface area contributed by atoms with E-state index < -0.39 is 11.8 Å². The lowest BCUT2D eigenvalue weighted by Crippen LogP contribution is -2.42. The monoisotopic (exact) mass is 564 g/mol. The second kappa shape index (κ2) is 33.4. The lowest BCUT2D eigenvalue weighted by atomic mass is 10.3. The van der Waals surface area contributed by atoms with E-state index >= 15 is 0 Å². The number of rotatable bonds is 23. The highest BCUT2D eigenvalue weighted by Gasteiger charge is 2.08. The second-order valence-corrected chi connectivity index (χ2v) is 7.33. The average Bonchev–Trinajstić information content (AvgIpc) is 2.94. The number of hydrogen-bond donors (Lipinski definition) is 4. The summed E-state index contributed by atoms with van der Waals surface area (Å²) in [7, 11) is 0. The van der Waals surface area contributed by atoms with E-state index in [1.807, 2.05) is 34.6 Å². The SMILES string of the molecule is CC.CC.CCCC(=O)NCCOCCOCCOCCOCCC(=O)NCC(=O)NCC(=O)NCC(C)=O. The Bertz CT molecular complexity index is 635. The quantitative estimate of drug-likeness (QED) is 0.128. The zero-order valence-electron chi connectivity index (χ0n) is 24.8. The topological polar surface area (TPSA) is 170 Å². The summed E-state index contributed by atoms with van der Waals surface area (Å²) in [6, 6.07) is 0. The molecule has 0 aromatic rings. The molecule has 0 saturated carbocycles. The summed E-state index contributed by atoms with van der Waals surface area (Å²) in [4.78, 5) is 56.6. The van der Waals surface area contributed by atoms with Crippen molar-refractivity contribution in [3.05, 3.63) is 0 Å². The van der Waals surface area contributed by atoms with Gasteiger partial charge in [-0.25, -0.2) is 0 Å². The third-order valence-corrected chi connectivity index (χ3v) is 4.06. The largest absolute Gasteiger partial charge is 0.379 e. The van der Waals surface area contributed by atoms with Crippen molar-refractivity contribution >= 4 is 29.4 Å². The third kappa shape index (κ3) is 35.4. The molecule has 0 aromatic heterocycles. The van der Waals surface area contributed by atoms with E-state index in [9.17, 15) is 24.0 Å². The number of amides is 4. The van der Waals surface area contributed by atoms with Crippen LogP contribution in [0, 0.1) is 0 Å². The predicted molar refractivity (Wildman–Crippen MR) is 148 cm³/mol. The maximum Gasteiger partial charge on any atom is 0.239 e. The molecule has 0 radical (unpaired) electrons. The van der Waals surface area contributed by atoms with Crippen LogP contribution >= 0.6 is 0 Å². The summed E-state index contributed by atoms with van der Waals surface area (Å²) < 4.78 is 21.3. The maximum absolute atomic E-state index is 11.7. The minimum atomic E-state index is -0.518. The van der Waals surface area contributed by atoms with E-state index in [-0.39, 0.29) is 50.3 Å². The fourth-order valence-corrected chi connectivity index (χ4v) is 2.30. The normalized spacial score (nSPS) is 9.69. The van der Waals surface area contributed by atoms with Gasteiger partial charge in [-0.2, -0.15) is 0 Å². The van der Waals surface area contributed by atoms with Gasteiger partial charge in [-0.15, -0.1) is 0 Å². The van der Waals surface area contributed by atoms with Crippen molar-refractivity contribution in [3.63, 3.8) is 0 Å². The van der Waals surface area contributed by atoms with E-state index in [4.69, 9.17) is 18.9 Å². The van der Waals surface area contributed by atoms with Crippen molar-refractivity contribution in [2.75, 3.05) is 79.0 Å². The second-order valence-electron chi connectivity index (χ2n) is 7.33. The van der Waals surface area contributed by atoms with Gasteiger partial charge in [0.1, 0.15) is 5.78 Å². The molecule has 4 amide bonds. The Morgan fingerprint density at radius 1 is 0.487 bits per heavy atom. The van der Waals surface area contributed by atoms with Crippen molar-refractivity contribution in [2.45, 2.75) is 60.8 Å². The van der Waals surface area contributed by atoms with Gasteiger partial charge in [0.15, 0.2) is 0 Å². The first kappa shape index (κ1) is 40.9.